The van der Waals surface area contributed by atoms with E-state index in [1.165, 1.54) is 11.1 Å². The van der Waals surface area contributed by atoms with Crippen LogP contribution in [0.4, 0.5) is 0 Å². The highest BCUT2D eigenvalue weighted by molar-refractivity contribution is 5.26. The highest BCUT2D eigenvalue weighted by Gasteiger charge is 2.26. The van der Waals surface area contributed by atoms with Crippen molar-refractivity contribution in [1.29, 1.82) is 0 Å². The lowest BCUT2D eigenvalue weighted by molar-refractivity contribution is 0.128. The summed E-state index contributed by atoms with van der Waals surface area (Å²) in [6, 6.07) is 0.528. The predicted molar refractivity (Wildman–Crippen MR) is 46.6 cm³/mol. The standard InChI is InChI=1S/C9H17NO/c1-6-7(2)9(11-4)5-8(6)10-3/h8-10H,5H2,1-4H3. The summed E-state index contributed by atoms with van der Waals surface area (Å²) in [7, 11) is 3.78. The molecule has 0 saturated carbocycles. The molecule has 1 aliphatic rings. The zero-order valence-electron chi connectivity index (χ0n) is 7.77. The number of rotatable bonds is 2. The van der Waals surface area contributed by atoms with Crippen molar-refractivity contribution in [2.45, 2.75) is 32.4 Å². The average molecular weight is 155 g/mol. The molecule has 0 amide bonds. The lowest BCUT2D eigenvalue weighted by atomic mass is 10.1. The molecule has 2 heteroatoms. The Balaban J connectivity index is 2.71. The maximum absolute atomic E-state index is 5.33. The molecule has 64 valence electrons. The Morgan fingerprint density at radius 3 is 2.27 bits per heavy atom. The van der Waals surface area contributed by atoms with E-state index in [1.54, 1.807) is 7.11 Å². The summed E-state index contributed by atoms with van der Waals surface area (Å²) < 4.78 is 5.33. The molecule has 0 bridgehead atoms. The molecule has 11 heavy (non-hydrogen) atoms. The second-order valence-electron chi connectivity index (χ2n) is 3.17. The molecule has 0 spiro atoms. The van der Waals surface area contributed by atoms with E-state index in [0.717, 1.165) is 6.42 Å². The summed E-state index contributed by atoms with van der Waals surface area (Å²) in [6.45, 7) is 4.33. The van der Waals surface area contributed by atoms with E-state index in [-0.39, 0.29) is 0 Å². The maximum Gasteiger partial charge on any atom is 0.0799 e. The molecule has 1 rings (SSSR count). The van der Waals surface area contributed by atoms with Crippen molar-refractivity contribution in [3.05, 3.63) is 11.1 Å². The SMILES string of the molecule is CNC1CC(OC)C(C)=C1C. The van der Waals surface area contributed by atoms with Gasteiger partial charge in [-0.1, -0.05) is 5.57 Å². The van der Waals surface area contributed by atoms with E-state index in [1.807, 2.05) is 7.05 Å². The van der Waals surface area contributed by atoms with Gasteiger partial charge in [-0.15, -0.1) is 0 Å². The van der Waals surface area contributed by atoms with E-state index in [2.05, 4.69) is 19.2 Å². The molecular weight excluding hydrogens is 138 g/mol. The van der Waals surface area contributed by atoms with E-state index in [9.17, 15) is 0 Å². The molecule has 2 atom stereocenters. The first-order chi connectivity index (χ1) is 5.20. The van der Waals surface area contributed by atoms with Crippen molar-refractivity contribution >= 4 is 0 Å². The Morgan fingerprint density at radius 2 is 2.00 bits per heavy atom. The van der Waals surface area contributed by atoms with Crippen LogP contribution in [0.1, 0.15) is 20.3 Å². The average Bonchev–Trinajstić information content (AvgIpc) is 2.30. The summed E-state index contributed by atoms with van der Waals surface area (Å²) in [6.07, 6.45) is 1.43. The van der Waals surface area contributed by atoms with Gasteiger partial charge in [-0.05, 0) is 32.9 Å². The van der Waals surface area contributed by atoms with Gasteiger partial charge in [-0.3, -0.25) is 0 Å². The van der Waals surface area contributed by atoms with Crippen LogP contribution in [-0.4, -0.2) is 26.3 Å². The minimum Gasteiger partial charge on any atom is -0.377 e. The Kier molecular flexibility index (Phi) is 2.68. The van der Waals surface area contributed by atoms with Crippen LogP contribution in [0.25, 0.3) is 0 Å². The molecule has 0 aromatic rings. The minimum absolute atomic E-state index is 0.340. The van der Waals surface area contributed by atoms with Crippen molar-refractivity contribution in [2.24, 2.45) is 0 Å². The molecule has 0 aromatic heterocycles. The second-order valence-corrected chi connectivity index (χ2v) is 3.17. The summed E-state index contributed by atoms with van der Waals surface area (Å²) >= 11 is 0. The molecule has 0 saturated heterocycles. The summed E-state index contributed by atoms with van der Waals surface area (Å²) in [5.74, 6) is 0. The van der Waals surface area contributed by atoms with Crippen LogP contribution >= 0.6 is 0 Å². The number of hydrogen-bond acceptors (Lipinski definition) is 2. The number of methoxy groups -OCH3 is 1. The molecule has 2 nitrogen and oxygen atoms in total. The molecule has 1 aliphatic carbocycles. The molecule has 2 unspecified atom stereocenters. The fourth-order valence-corrected chi connectivity index (χ4v) is 1.70. The van der Waals surface area contributed by atoms with Gasteiger partial charge in [0.2, 0.25) is 0 Å². The van der Waals surface area contributed by atoms with Crippen molar-refractivity contribution in [2.75, 3.05) is 14.2 Å². The van der Waals surface area contributed by atoms with Crippen LogP contribution in [0, 0.1) is 0 Å². The third-order valence-corrected chi connectivity index (χ3v) is 2.71. The van der Waals surface area contributed by atoms with E-state index in [0.29, 0.717) is 12.1 Å². The molecular formula is C9H17NO. The zero-order valence-corrected chi connectivity index (χ0v) is 7.77. The molecule has 0 aliphatic heterocycles. The number of nitrogens with one attached hydrogen (secondary N) is 1. The van der Waals surface area contributed by atoms with Crippen molar-refractivity contribution in [3.8, 4) is 0 Å². The maximum atomic E-state index is 5.33. The number of ether oxygens (including phenoxy) is 1. The zero-order chi connectivity index (χ0) is 8.43. The summed E-state index contributed by atoms with van der Waals surface area (Å²) in [5, 5.41) is 3.27. The molecule has 1 N–H and O–H groups in total. The first-order valence-electron chi connectivity index (χ1n) is 4.08. The van der Waals surface area contributed by atoms with Gasteiger partial charge in [0.25, 0.3) is 0 Å². The number of hydrogen-bond donors (Lipinski definition) is 1. The topological polar surface area (TPSA) is 21.3 Å². The van der Waals surface area contributed by atoms with Gasteiger partial charge >= 0.3 is 0 Å². The van der Waals surface area contributed by atoms with E-state index in [4.69, 9.17) is 4.74 Å². The van der Waals surface area contributed by atoms with Crippen LogP contribution in [0.3, 0.4) is 0 Å². The quantitative estimate of drug-likeness (QED) is 0.607. The summed E-state index contributed by atoms with van der Waals surface area (Å²) in [5.41, 5.74) is 2.84. The fourth-order valence-electron chi connectivity index (χ4n) is 1.70. The molecule has 0 radical (unpaired) electrons. The third kappa shape index (κ3) is 1.47. The van der Waals surface area contributed by atoms with Gasteiger partial charge in [0.15, 0.2) is 0 Å². The fraction of sp³-hybridized carbons (Fsp3) is 0.778. The molecule has 0 aromatic carbocycles. The van der Waals surface area contributed by atoms with Gasteiger partial charge in [0.05, 0.1) is 6.10 Å². The molecule has 0 heterocycles. The van der Waals surface area contributed by atoms with Crippen molar-refractivity contribution in [1.82, 2.24) is 5.32 Å². The predicted octanol–water partition coefficient (Wildman–Crippen LogP) is 1.33. The molecule has 0 fully saturated rings. The lowest BCUT2D eigenvalue weighted by Crippen LogP contribution is -2.25. The van der Waals surface area contributed by atoms with Crippen molar-refractivity contribution < 1.29 is 4.74 Å². The largest absolute Gasteiger partial charge is 0.377 e. The van der Waals surface area contributed by atoms with Gasteiger partial charge in [-0.25, -0.2) is 0 Å². The van der Waals surface area contributed by atoms with Crippen LogP contribution in [0.15, 0.2) is 11.1 Å². The number of likely N-dealkylation sites (N-methyl/N-ethyl adjacent to an activating group) is 1. The Labute approximate surface area is 68.6 Å². The van der Waals surface area contributed by atoms with Gasteiger partial charge in [0, 0.05) is 13.2 Å². The summed E-state index contributed by atoms with van der Waals surface area (Å²) in [4.78, 5) is 0. The first kappa shape index (κ1) is 8.75. The normalized spacial score (nSPS) is 31.6. The van der Waals surface area contributed by atoms with Crippen LogP contribution in [-0.2, 0) is 4.74 Å². The second kappa shape index (κ2) is 3.37. The highest BCUT2D eigenvalue weighted by Crippen LogP contribution is 2.27. The first-order valence-corrected chi connectivity index (χ1v) is 4.08. The Morgan fingerprint density at radius 1 is 1.36 bits per heavy atom. The monoisotopic (exact) mass is 155 g/mol. The third-order valence-electron chi connectivity index (χ3n) is 2.71. The van der Waals surface area contributed by atoms with E-state index < -0.39 is 0 Å². The van der Waals surface area contributed by atoms with Crippen molar-refractivity contribution in [3.63, 3.8) is 0 Å². The van der Waals surface area contributed by atoms with E-state index >= 15 is 0 Å². The van der Waals surface area contributed by atoms with Gasteiger partial charge < -0.3 is 10.1 Å². The van der Waals surface area contributed by atoms with Crippen LogP contribution in [0.5, 0.6) is 0 Å². The smallest absolute Gasteiger partial charge is 0.0799 e. The van der Waals surface area contributed by atoms with Gasteiger partial charge in [-0.2, -0.15) is 0 Å². The Hall–Kier alpha value is -0.340. The minimum atomic E-state index is 0.340. The highest BCUT2D eigenvalue weighted by atomic mass is 16.5. The van der Waals surface area contributed by atoms with Gasteiger partial charge in [0.1, 0.15) is 0 Å². The Bertz CT molecular complexity index is 156. The van der Waals surface area contributed by atoms with Crippen LogP contribution < -0.4 is 5.32 Å². The lowest BCUT2D eigenvalue weighted by Gasteiger charge is -2.11. The van der Waals surface area contributed by atoms with Crippen LogP contribution in [0.2, 0.25) is 0 Å².